The quantitative estimate of drug-likeness (QED) is 0.307. The smallest absolute Gasteiger partial charge is 0.237 e. The third kappa shape index (κ3) is 7.21. The third-order valence-corrected chi connectivity index (χ3v) is 7.91. The molecular formula is C29H39N6O3P. The third-order valence-electron chi connectivity index (χ3n) is 7.48. The van der Waals surface area contributed by atoms with Crippen LogP contribution in [0, 0.1) is 0 Å². The van der Waals surface area contributed by atoms with Crippen molar-refractivity contribution in [2.75, 3.05) is 32.1 Å². The molecule has 0 bridgehead atoms. The molecule has 1 saturated carbocycles. The van der Waals surface area contributed by atoms with Gasteiger partial charge in [-0.15, -0.1) is 9.24 Å². The average molecular weight is 551 g/mol. The van der Waals surface area contributed by atoms with E-state index in [1.54, 1.807) is 6.20 Å². The Bertz CT molecular complexity index is 1250. The summed E-state index contributed by atoms with van der Waals surface area (Å²) in [6.45, 7) is 2.25. The number of fused-ring (bicyclic) bond motifs is 1. The van der Waals surface area contributed by atoms with Gasteiger partial charge in [-0.05, 0) is 50.4 Å². The molecule has 3 heterocycles. The van der Waals surface area contributed by atoms with E-state index in [4.69, 9.17) is 9.47 Å². The molecule has 2 fully saturated rings. The first-order valence-electron chi connectivity index (χ1n) is 14.0. The number of piperidine rings is 1. The van der Waals surface area contributed by atoms with Gasteiger partial charge < -0.3 is 25.4 Å². The normalized spacial score (nSPS) is 18.7. The summed E-state index contributed by atoms with van der Waals surface area (Å²) in [7, 11) is 4.67. The Morgan fingerprint density at radius 1 is 1.10 bits per heavy atom. The SMILES string of the molecule is CNc1cnc2ccc(-c3cnc(COC4CCCC4)nc3)c(OCC(P)CNC(=O)[C@@H]3CCCCN3)c2c1. The predicted octanol–water partition coefficient (Wildman–Crippen LogP) is 4.07. The van der Waals surface area contributed by atoms with Gasteiger partial charge in [-0.3, -0.25) is 9.78 Å². The van der Waals surface area contributed by atoms with Crippen LogP contribution in [-0.4, -0.2) is 65.4 Å². The fourth-order valence-corrected chi connectivity index (χ4v) is 5.40. The number of carbonyl (C=O) groups excluding carboxylic acids is 1. The van der Waals surface area contributed by atoms with Crippen molar-refractivity contribution in [3.05, 3.63) is 42.6 Å². The zero-order valence-corrected chi connectivity index (χ0v) is 23.8. The second-order valence-electron chi connectivity index (χ2n) is 10.4. The van der Waals surface area contributed by atoms with Crippen molar-refractivity contribution < 1.29 is 14.3 Å². The van der Waals surface area contributed by atoms with Crippen molar-refractivity contribution in [2.45, 2.75) is 69.4 Å². The fraction of sp³-hybridized carbons (Fsp3) is 0.517. The molecular weight excluding hydrogens is 511 g/mol. The molecule has 1 aromatic carbocycles. The number of nitrogens with one attached hydrogen (secondary N) is 3. The molecule has 39 heavy (non-hydrogen) atoms. The lowest BCUT2D eigenvalue weighted by atomic mass is 10.0. The number of carbonyl (C=O) groups is 1. The molecule has 3 aromatic rings. The van der Waals surface area contributed by atoms with Crippen molar-refractivity contribution in [3.63, 3.8) is 0 Å². The number of rotatable bonds is 11. The predicted molar refractivity (Wildman–Crippen MR) is 157 cm³/mol. The standard InChI is InChI=1S/C29H39N6O3P/c1-30-20-12-24-25(32-15-20)10-9-23(19-13-33-27(34-14-19)18-37-21-6-2-3-7-21)28(24)38-17-22(39)16-35-29(36)26-8-4-5-11-31-26/h9-10,12-15,21-22,26,30-31H,2-8,11,16-18,39H2,1H3,(H,35,36)/t22?,26-/m0/s1. The molecule has 9 nitrogen and oxygen atoms in total. The number of hydrogen-bond acceptors (Lipinski definition) is 8. The van der Waals surface area contributed by atoms with Crippen molar-refractivity contribution in [1.29, 1.82) is 0 Å². The van der Waals surface area contributed by atoms with E-state index in [1.165, 1.54) is 12.8 Å². The fourth-order valence-electron chi connectivity index (χ4n) is 5.19. The Morgan fingerprint density at radius 2 is 1.90 bits per heavy atom. The van der Waals surface area contributed by atoms with Gasteiger partial charge in [0.05, 0.1) is 36.2 Å². The molecule has 2 aliphatic rings. The molecule has 2 aromatic heterocycles. The molecule has 0 radical (unpaired) electrons. The minimum atomic E-state index is -0.0980. The van der Waals surface area contributed by atoms with E-state index in [0.717, 1.165) is 72.1 Å². The van der Waals surface area contributed by atoms with Crippen LogP contribution in [0.3, 0.4) is 0 Å². The minimum absolute atomic E-state index is 0.0347. The van der Waals surface area contributed by atoms with Crippen molar-refractivity contribution in [3.8, 4) is 16.9 Å². The van der Waals surface area contributed by atoms with Gasteiger partial charge in [0.1, 0.15) is 12.4 Å². The Morgan fingerprint density at radius 3 is 2.64 bits per heavy atom. The zero-order chi connectivity index (χ0) is 27.0. The number of aromatic nitrogens is 3. The summed E-state index contributed by atoms with van der Waals surface area (Å²) in [6.07, 6.45) is 13.6. The van der Waals surface area contributed by atoms with Crippen LogP contribution in [0.2, 0.25) is 0 Å². The number of hydrogen-bond donors (Lipinski definition) is 3. The summed E-state index contributed by atoms with van der Waals surface area (Å²) in [5, 5.41) is 10.4. The molecule has 1 amide bonds. The Labute approximate surface area is 232 Å². The van der Waals surface area contributed by atoms with Gasteiger partial charge in [0, 0.05) is 48.2 Å². The maximum Gasteiger partial charge on any atom is 0.237 e. The Balaban J connectivity index is 1.30. The van der Waals surface area contributed by atoms with Crippen molar-refractivity contribution >= 4 is 31.7 Å². The monoisotopic (exact) mass is 550 g/mol. The lowest BCUT2D eigenvalue weighted by Crippen LogP contribution is -2.48. The van der Waals surface area contributed by atoms with E-state index in [-0.39, 0.29) is 17.6 Å². The lowest BCUT2D eigenvalue weighted by Gasteiger charge is -2.23. The van der Waals surface area contributed by atoms with E-state index < -0.39 is 0 Å². The molecule has 2 unspecified atom stereocenters. The van der Waals surface area contributed by atoms with Gasteiger partial charge in [0.25, 0.3) is 0 Å². The summed E-state index contributed by atoms with van der Waals surface area (Å²) in [5.74, 6) is 1.47. The van der Waals surface area contributed by atoms with Gasteiger partial charge in [-0.2, -0.15) is 0 Å². The summed E-state index contributed by atoms with van der Waals surface area (Å²) >= 11 is 0. The van der Waals surface area contributed by atoms with E-state index in [2.05, 4.69) is 40.1 Å². The van der Waals surface area contributed by atoms with E-state index in [9.17, 15) is 4.79 Å². The summed E-state index contributed by atoms with van der Waals surface area (Å²) < 4.78 is 12.4. The van der Waals surface area contributed by atoms with Crippen LogP contribution in [-0.2, 0) is 16.1 Å². The molecule has 1 aliphatic heterocycles. The maximum absolute atomic E-state index is 12.5. The number of pyridine rings is 1. The molecule has 0 spiro atoms. The van der Waals surface area contributed by atoms with Crippen LogP contribution in [0.5, 0.6) is 5.75 Å². The van der Waals surface area contributed by atoms with E-state index in [1.807, 2.05) is 37.6 Å². The highest BCUT2D eigenvalue weighted by molar-refractivity contribution is 7.17. The highest BCUT2D eigenvalue weighted by Crippen LogP contribution is 2.37. The topological polar surface area (TPSA) is 110 Å². The molecule has 1 aliphatic carbocycles. The van der Waals surface area contributed by atoms with Gasteiger partial charge in [0.2, 0.25) is 5.91 Å². The lowest BCUT2D eigenvalue weighted by molar-refractivity contribution is -0.123. The highest BCUT2D eigenvalue weighted by Gasteiger charge is 2.21. The number of amides is 1. The van der Waals surface area contributed by atoms with Crippen LogP contribution >= 0.6 is 9.24 Å². The van der Waals surface area contributed by atoms with Crippen LogP contribution in [0.1, 0.15) is 50.8 Å². The molecule has 208 valence electrons. The van der Waals surface area contributed by atoms with Crippen molar-refractivity contribution in [2.24, 2.45) is 0 Å². The van der Waals surface area contributed by atoms with Crippen LogP contribution < -0.4 is 20.7 Å². The first kappa shape index (κ1) is 27.7. The number of benzene rings is 1. The Kier molecular flexibility index (Phi) is 9.56. The highest BCUT2D eigenvalue weighted by atomic mass is 31.0. The number of nitrogens with zero attached hydrogens (tertiary/aromatic N) is 3. The van der Waals surface area contributed by atoms with Gasteiger partial charge in [-0.25, -0.2) is 9.97 Å². The zero-order valence-electron chi connectivity index (χ0n) is 22.6. The summed E-state index contributed by atoms with van der Waals surface area (Å²) in [4.78, 5) is 26.3. The summed E-state index contributed by atoms with van der Waals surface area (Å²) in [5.41, 5.74) is 3.53. The number of ether oxygens (including phenoxy) is 2. The van der Waals surface area contributed by atoms with Crippen LogP contribution in [0.25, 0.3) is 22.0 Å². The van der Waals surface area contributed by atoms with E-state index in [0.29, 0.717) is 31.7 Å². The average Bonchev–Trinajstić information content (AvgIpc) is 3.52. The maximum atomic E-state index is 12.5. The van der Waals surface area contributed by atoms with E-state index >= 15 is 0 Å². The molecule has 10 heteroatoms. The summed E-state index contributed by atoms with van der Waals surface area (Å²) in [6, 6.07) is 5.94. The van der Waals surface area contributed by atoms with Crippen LogP contribution in [0.15, 0.2) is 36.8 Å². The molecule has 3 atom stereocenters. The largest absolute Gasteiger partial charge is 0.492 e. The van der Waals surface area contributed by atoms with Gasteiger partial charge in [-0.1, -0.05) is 19.3 Å². The van der Waals surface area contributed by atoms with Crippen LogP contribution in [0.4, 0.5) is 5.69 Å². The number of anilines is 1. The first-order chi connectivity index (χ1) is 19.1. The second-order valence-corrected chi connectivity index (χ2v) is 11.3. The van der Waals surface area contributed by atoms with Gasteiger partial charge >= 0.3 is 0 Å². The second kappa shape index (κ2) is 13.5. The van der Waals surface area contributed by atoms with Gasteiger partial charge in [0.15, 0.2) is 5.82 Å². The minimum Gasteiger partial charge on any atom is -0.492 e. The molecule has 3 N–H and O–H groups in total. The van der Waals surface area contributed by atoms with Crippen molar-refractivity contribution in [1.82, 2.24) is 25.6 Å². The first-order valence-corrected chi connectivity index (χ1v) is 14.7. The molecule has 1 saturated heterocycles. The molecule has 5 rings (SSSR count). The Hall–Kier alpha value is -2.87.